The van der Waals surface area contributed by atoms with Crippen molar-refractivity contribution in [2.45, 2.75) is 4.90 Å². The van der Waals surface area contributed by atoms with Crippen LogP contribution in [0.15, 0.2) is 83.8 Å². The summed E-state index contributed by atoms with van der Waals surface area (Å²) in [6.07, 6.45) is 0. The molecule has 0 aliphatic carbocycles. The van der Waals surface area contributed by atoms with Crippen LogP contribution >= 0.6 is 0 Å². The van der Waals surface area contributed by atoms with Crippen molar-refractivity contribution in [3.63, 3.8) is 0 Å². The topological polar surface area (TPSA) is 99.1 Å². The normalized spacial score (nSPS) is 10.6. The number of benzene rings is 3. The van der Waals surface area contributed by atoms with Gasteiger partial charge >= 0.3 is 0 Å². The molecule has 0 heterocycles. The Kier molecular flexibility index (Phi) is 5.20. The average Bonchev–Trinajstić information content (AvgIpc) is 2.69. The van der Waals surface area contributed by atoms with E-state index in [0.29, 0.717) is 5.69 Å². The zero-order valence-corrected chi connectivity index (χ0v) is 14.9. The minimum Gasteiger partial charge on any atom is -0.322 e. The lowest BCUT2D eigenvalue weighted by Gasteiger charge is -2.11. The van der Waals surface area contributed by atoms with E-state index in [1.807, 2.05) is 12.1 Å². The van der Waals surface area contributed by atoms with Crippen LogP contribution in [0.2, 0.25) is 0 Å². The van der Waals surface area contributed by atoms with Crippen LogP contribution in [0, 0.1) is 11.3 Å². The predicted molar refractivity (Wildman–Crippen MR) is 103 cm³/mol. The standard InChI is InChI=1S/C20H15N3O3S/c21-14-16-7-4-5-12-19(16)23-27(25,26)18-11-6-8-15(13-18)20(24)22-17-9-2-1-3-10-17/h1-13,23H,(H,22,24). The lowest BCUT2D eigenvalue weighted by molar-refractivity contribution is 0.102. The van der Waals surface area contributed by atoms with E-state index in [9.17, 15) is 13.2 Å². The van der Waals surface area contributed by atoms with Gasteiger partial charge in [-0.25, -0.2) is 8.42 Å². The van der Waals surface area contributed by atoms with E-state index in [2.05, 4.69) is 10.0 Å². The van der Waals surface area contributed by atoms with E-state index in [-0.39, 0.29) is 21.7 Å². The second-order valence-corrected chi connectivity index (χ2v) is 7.29. The van der Waals surface area contributed by atoms with Crippen LogP contribution in [0.5, 0.6) is 0 Å². The molecule has 0 atom stereocenters. The third-order valence-corrected chi connectivity index (χ3v) is 5.09. The molecule has 0 saturated heterocycles. The summed E-state index contributed by atoms with van der Waals surface area (Å²) in [6.45, 7) is 0. The quantitative estimate of drug-likeness (QED) is 0.709. The number of nitrogens with zero attached hydrogens (tertiary/aromatic N) is 1. The maximum absolute atomic E-state index is 12.7. The van der Waals surface area contributed by atoms with Crippen molar-refractivity contribution >= 4 is 27.3 Å². The molecule has 0 saturated carbocycles. The number of anilines is 2. The molecule has 3 aromatic rings. The van der Waals surface area contributed by atoms with Gasteiger partial charge in [-0.2, -0.15) is 5.26 Å². The van der Waals surface area contributed by atoms with Gasteiger partial charge in [-0.3, -0.25) is 9.52 Å². The maximum atomic E-state index is 12.7. The number of sulfonamides is 1. The first-order valence-corrected chi connectivity index (χ1v) is 9.46. The molecule has 3 rings (SSSR count). The molecule has 134 valence electrons. The summed E-state index contributed by atoms with van der Waals surface area (Å²) >= 11 is 0. The number of para-hydroxylation sites is 2. The van der Waals surface area contributed by atoms with Crippen molar-refractivity contribution in [1.82, 2.24) is 0 Å². The molecule has 6 nitrogen and oxygen atoms in total. The van der Waals surface area contributed by atoms with Gasteiger partial charge in [0.25, 0.3) is 15.9 Å². The second-order valence-electron chi connectivity index (χ2n) is 5.61. The molecule has 2 N–H and O–H groups in total. The fourth-order valence-corrected chi connectivity index (χ4v) is 3.53. The van der Waals surface area contributed by atoms with Gasteiger partial charge in [0.15, 0.2) is 0 Å². The number of carbonyl (C=O) groups is 1. The van der Waals surface area contributed by atoms with Gasteiger partial charge in [0, 0.05) is 11.3 Å². The highest BCUT2D eigenvalue weighted by Gasteiger charge is 2.18. The first-order chi connectivity index (χ1) is 13.0. The van der Waals surface area contributed by atoms with Crippen molar-refractivity contribution in [2.75, 3.05) is 10.0 Å². The van der Waals surface area contributed by atoms with E-state index < -0.39 is 15.9 Å². The summed E-state index contributed by atoms with van der Waals surface area (Å²) in [4.78, 5) is 12.3. The minimum atomic E-state index is -3.96. The number of nitrogens with one attached hydrogen (secondary N) is 2. The van der Waals surface area contributed by atoms with E-state index in [1.54, 1.807) is 36.4 Å². The van der Waals surface area contributed by atoms with Crippen LogP contribution < -0.4 is 10.0 Å². The molecule has 1 amide bonds. The number of rotatable bonds is 5. The van der Waals surface area contributed by atoms with Crippen LogP contribution in [0.1, 0.15) is 15.9 Å². The highest BCUT2D eigenvalue weighted by molar-refractivity contribution is 7.92. The minimum absolute atomic E-state index is 0.0732. The van der Waals surface area contributed by atoms with Crippen molar-refractivity contribution in [3.05, 3.63) is 90.0 Å². The number of hydrogen-bond donors (Lipinski definition) is 2. The predicted octanol–water partition coefficient (Wildman–Crippen LogP) is 3.61. The Hall–Kier alpha value is -3.63. The monoisotopic (exact) mass is 377 g/mol. The highest BCUT2D eigenvalue weighted by Crippen LogP contribution is 2.20. The molecule has 0 bridgehead atoms. The Bertz CT molecular complexity index is 1120. The molecular weight excluding hydrogens is 362 g/mol. The molecule has 0 fully saturated rings. The van der Waals surface area contributed by atoms with Gasteiger partial charge in [-0.15, -0.1) is 0 Å². The van der Waals surface area contributed by atoms with Gasteiger partial charge in [-0.1, -0.05) is 36.4 Å². The smallest absolute Gasteiger partial charge is 0.261 e. The molecule has 3 aromatic carbocycles. The molecule has 7 heteroatoms. The first-order valence-electron chi connectivity index (χ1n) is 7.98. The first kappa shape index (κ1) is 18.2. The van der Waals surface area contributed by atoms with Crippen molar-refractivity contribution < 1.29 is 13.2 Å². The Morgan fingerprint density at radius 3 is 2.33 bits per heavy atom. The van der Waals surface area contributed by atoms with Crippen molar-refractivity contribution in [3.8, 4) is 6.07 Å². The molecular formula is C20H15N3O3S. The van der Waals surface area contributed by atoms with Crippen molar-refractivity contribution in [2.24, 2.45) is 0 Å². The average molecular weight is 377 g/mol. The number of nitriles is 1. The van der Waals surface area contributed by atoms with Gasteiger partial charge in [0.05, 0.1) is 16.1 Å². The van der Waals surface area contributed by atoms with Gasteiger partial charge in [0.1, 0.15) is 6.07 Å². The second kappa shape index (κ2) is 7.72. The molecule has 0 spiro atoms. The zero-order valence-electron chi connectivity index (χ0n) is 14.1. The summed E-state index contributed by atoms with van der Waals surface area (Å²) in [6, 6.07) is 22.8. The number of carbonyl (C=O) groups excluding carboxylic acids is 1. The van der Waals surface area contributed by atoms with Gasteiger partial charge in [-0.05, 0) is 42.5 Å². The highest BCUT2D eigenvalue weighted by atomic mass is 32.2. The number of amides is 1. The summed E-state index contributed by atoms with van der Waals surface area (Å²) < 4.78 is 27.7. The molecule has 27 heavy (non-hydrogen) atoms. The van der Waals surface area contributed by atoms with Crippen LogP contribution in [-0.2, 0) is 10.0 Å². The molecule has 0 aliphatic rings. The Labute approximate surface area is 157 Å². The lowest BCUT2D eigenvalue weighted by atomic mass is 10.2. The van der Waals surface area contributed by atoms with E-state index >= 15 is 0 Å². The molecule has 0 aromatic heterocycles. The summed E-state index contributed by atoms with van der Waals surface area (Å²) in [5, 5.41) is 11.8. The fourth-order valence-electron chi connectivity index (χ4n) is 2.40. The Balaban J connectivity index is 1.86. The molecule has 0 radical (unpaired) electrons. The lowest BCUT2D eigenvalue weighted by Crippen LogP contribution is -2.16. The van der Waals surface area contributed by atoms with Crippen LogP contribution in [0.4, 0.5) is 11.4 Å². The SMILES string of the molecule is N#Cc1ccccc1NS(=O)(=O)c1cccc(C(=O)Nc2ccccc2)c1. The Morgan fingerprint density at radius 2 is 1.59 bits per heavy atom. The molecule has 0 aliphatic heterocycles. The van der Waals surface area contributed by atoms with Gasteiger partial charge < -0.3 is 5.32 Å². The van der Waals surface area contributed by atoms with E-state index in [1.165, 1.54) is 36.4 Å². The molecule has 0 unspecified atom stereocenters. The third kappa shape index (κ3) is 4.32. The van der Waals surface area contributed by atoms with E-state index in [0.717, 1.165) is 0 Å². The Morgan fingerprint density at radius 1 is 0.889 bits per heavy atom. The van der Waals surface area contributed by atoms with Crippen LogP contribution in [-0.4, -0.2) is 14.3 Å². The van der Waals surface area contributed by atoms with Gasteiger partial charge in [0.2, 0.25) is 0 Å². The maximum Gasteiger partial charge on any atom is 0.261 e. The zero-order chi connectivity index (χ0) is 19.3. The van der Waals surface area contributed by atoms with Crippen LogP contribution in [0.3, 0.4) is 0 Å². The fraction of sp³-hybridized carbons (Fsp3) is 0. The number of hydrogen-bond acceptors (Lipinski definition) is 4. The van der Waals surface area contributed by atoms with Crippen LogP contribution in [0.25, 0.3) is 0 Å². The summed E-state index contributed by atoms with van der Waals surface area (Å²) in [5.41, 5.74) is 1.20. The summed E-state index contributed by atoms with van der Waals surface area (Å²) in [7, 11) is -3.96. The van der Waals surface area contributed by atoms with Crippen molar-refractivity contribution in [1.29, 1.82) is 5.26 Å². The summed E-state index contributed by atoms with van der Waals surface area (Å²) in [5.74, 6) is -0.421. The third-order valence-electron chi connectivity index (χ3n) is 3.73. The largest absolute Gasteiger partial charge is 0.322 e. The van der Waals surface area contributed by atoms with E-state index in [4.69, 9.17) is 5.26 Å².